The van der Waals surface area contributed by atoms with Crippen LogP contribution < -0.4 is 4.90 Å². The molecule has 7 nitrogen and oxygen atoms in total. The Morgan fingerprint density at radius 2 is 1.86 bits per heavy atom. The van der Waals surface area contributed by atoms with Crippen molar-refractivity contribution in [2.24, 2.45) is 13.0 Å². The molecule has 5 rings (SSSR count). The van der Waals surface area contributed by atoms with Gasteiger partial charge in [0.1, 0.15) is 0 Å². The Balaban J connectivity index is 1.30. The summed E-state index contributed by atoms with van der Waals surface area (Å²) < 4.78 is 1.90. The summed E-state index contributed by atoms with van der Waals surface area (Å²) in [5.74, 6) is 0.457. The van der Waals surface area contributed by atoms with Crippen molar-refractivity contribution in [2.45, 2.75) is 45.6 Å². The van der Waals surface area contributed by atoms with E-state index in [9.17, 15) is 14.7 Å². The van der Waals surface area contributed by atoms with Crippen LogP contribution in [0.15, 0.2) is 48.7 Å². The number of carbonyl (C=O) groups is 2. The van der Waals surface area contributed by atoms with Gasteiger partial charge in [0.25, 0.3) is 5.91 Å². The maximum Gasteiger partial charge on any atom is 0.258 e. The number of hydrogen-bond acceptors (Lipinski definition) is 4. The highest BCUT2D eigenvalue weighted by atomic mass is 16.3. The number of fused-ring (bicyclic) bond motifs is 2. The molecule has 2 aliphatic heterocycles. The molecule has 2 aliphatic rings. The molecule has 3 heterocycles. The second-order valence-corrected chi connectivity index (χ2v) is 10.1. The van der Waals surface area contributed by atoms with Crippen LogP contribution in [0.1, 0.15) is 57.6 Å². The van der Waals surface area contributed by atoms with E-state index >= 15 is 0 Å². The Kier molecular flexibility index (Phi) is 6.92. The molecule has 36 heavy (non-hydrogen) atoms. The van der Waals surface area contributed by atoms with Crippen LogP contribution in [0.5, 0.6) is 0 Å². The minimum atomic E-state index is -0.0309. The van der Waals surface area contributed by atoms with Crippen molar-refractivity contribution in [3.63, 3.8) is 0 Å². The molecule has 188 valence electrons. The number of piperidine rings is 1. The summed E-state index contributed by atoms with van der Waals surface area (Å²) in [7, 11) is 1.95. The van der Waals surface area contributed by atoms with Gasteiger partial charge >= 0.3 is 0 Å². The topological polar surface area (TPSA) is 78.7 Å². The SMILES string of the molecule is Cc1cc(C(=O)N2Cc3cnn(C)c3Cc3ccccc32)ccc1CCC(=O)N1CCC(CO)CC1. The van der Waals surface area contributed by atoms with Crippen molar-refractivity contribution >= 4 is 17.5 Å². The third-order valence-corrected chi connectivity index (χ3v) is 7.79. The number of para-hydroxylation sites is 1. The fourth-order valence-corrected chi connectivity index (χ4v) is 5.44. The first-order chi connectivity index (χ1) is 17.4. The average Bonchev–Trinajstić information content (AvgIpc) is 3.15. The highest BCUT2D eigenvalue weighted by molar-refractivity contribution is 6.06. The van der Waals surface area contributed by atoms with Crippen molar-refractivity contribution in [1.82, 2.24) is 14.7 Å². The monoisotopic (exact) mass is 486 g/mol. The fraction of sp³-hybridized carbons (Fsp3) is 0.414. The zero-order valence-corrected chi connectivity index (χ0v) is 21.1. The van der Waals surface area contributed by atoms with Gasteiger partial charge in [0.15, 0.2) is 0 Å². The number of aryl methyl sites for hydroxylation is 3. The summed E-state index contributed by atoms with van der Waals surface area (Å²) in [5.41, 5.74) is 7.02. The molecule has 2 aromatic carbocycles. The van der Waals surface area contributed by atoms with Gasteiger partial charge in [-0.15, -0.1) is 0 Å². The molecule has 1 fully saturated rings. The molecule has 7 heteroatoms. The van der Waals surface area contributed by atoms with E-state index in [-0.39, 0.29) is 18.4 Å². The number of anilines is 1. The first kappa shape index (κ1) is 24.3. The lowest BCUT2D eigenvalue weighted by Crippen LogP contribution is -2.39. The first-order valence-electron chi connectivity index (χ1n) is 12.8. The van der Waals surface area contributed by atoms with Crippen LogP contribution in [-0.4, -0.2) is 51.3 Å². The predicted octanol–water partition coefficient (Wildman–Crippen LogP) is 3.64. The summed E-state index contributed by atoms with van der Waals surface area (Å²) in [6, 6.07) is 13.9. The van der Waals surface area contributed by atoms with E-state index in [4.69, 9.17) is 0 Å². The van der Waals surface area contributed by atoms with Crippen LogP contribution in [0.25, 0.3) is 0 Å². The van der Waals surface area contributed by atoms with E-state index in [0.29, 0.717) is 30.9 Å². The number of aliphatic hydroxyl groups is 1. The molecular formula is C29H34N4O3. The second-order valence-electron chi connectivity index (χ2n) is 10.1. The predicted molar refractivity (Wildman–Crippen MR) is 139 cm³/mol. The highest BCUT2D eigenvalue weighted by Gasteiger charge is 2.27. The van der Waals surface area contributed by atoms with Crippen LogP contribution in [0.2, 0.25) is 0 Å². The molecule has 0 aliphatic carbocycles. The van der Waals surface area contributed by atoms with Gasteiger partial charge in [-0.05, 0) is 67.0 Å². The van der Waals surface area contributed by atoms with Gasteiger partial charge in [0.05, 0.1) is 12.7 Å². The standard InChI is InChI=1S/C29H34N4O3/c1-20-15-24(8-7-22(20)9-10-28(35)32-13-11-21(19-34)12-14-32)29(36)33-18-25-17-30-31(2)27(25)16-23-5-3-4-6-26(23)33/h3-8,15,17,21,34H,9-14,16,18-19H2,1-2H3. The lowest BCUT2D eigenvalue weighted by atomic mass is 9.96. The molecule has 1 aromatic heterocycles. The summed E-state index contributed by atoms with van der Waals surface area (Å²) in [6.07, 6.45) is 5.47. The molecule has 0 radical (unpaired) electrons. The lowest BCUT2D eigenvalue weighted by molar-refractivity contribution is -0.132. The van der Waals surface area contributed by atoms with Gasteiger partial charge in [0, 0.05) is 62.1 Å². The smallest absolute Gasteiger partial charge is 0.258 e. The van der Waals surface area contributed by atoms with Crippen LogP contribution in [-0.2, 0) is 31.2 Å². The van der Waals surface area contributed by atoms with Gasteiger partial charge in [0.2, 0.25) is 5.91 Å². The maximum absolute atomic E-state index is 13.7. The third-order valence-electron chi connectivity index (χ3n) is 7.79. The normalized spacial score (nSPS) is 15.9. The van der Waals surface area contributed by atoms with E-state index in [2.05, 4.69) is 11.2 Å². The molecule has 0 saturated carbocycles. The molecule has 0 spiro atoms. The summed E-state index contributed by atoms with van der Waals surface area (Å²) >= 11 is 0. The Morgan fingerprint density at radius 1 is 1.08 bits per heavy atom. The summed E-state index contributed by atoms with van der Waals surface area (Å²) in [6.45, 7) is 4.16. The molecule has 0 atom stereocenters. The maximum atomic E-state index is 13.7. The first-order valence-corrected chi connectivity index (χ1v) is 12.8. The lowest BCUT2D eigenvalue weighted by Gasteiger charge is -2.31. The van der Waals surface area contributed by atoms with Gasteiger partial charge in [-0.3, -0.25) is 14.3 Å². The number of nitrogens with zero attached hydrogens (tertiary/aromatic N) is 4. The molecular weight excluding hydrogens is 452 g/mol. The van der Waals surface area contributed by atoms with Crippen LogP contribution in [0, 0.1) is 12.8 Å². The van der Waals surface area contributed by atoms with Crippen molar-refractivity contribution in [3.8, 4) is 0 Å². The Labute approximate surface area is 212 Å². The largest absolute Gasteiger partial charge is 0.396 e. The summed E-state index contributed by atoms with van der Waals surface area (Å²) in [4.78, 5) is 30.2. The average molecular weight is 487 g/mol. The van der Waals surface area contributed by atoms with Crippen molar-refractivity contribution in [3.05, 3.63) is 82.2 Å². The zero-order valence-electron chi connectivity index (χ0n) is 21.1. The number of rotatable bonds is 5. The van der Waals surface area contributed by atoms with E-state index in [1.165, 1.54) is 0 Å². The molecule has 3 aromatic rings. The number of likely N-dealkylation sites (tertiary alicyclic amines) is 1. The van der Waals surface area contributed by atoms with Crippen LogP contribution in [0.4, 0.5) is 5.69 Å². The van der Waals surface area contributed by atoms with Gasteiger partial charge < -0.3 is 14.9 Å². The number of amides is 2. The summed E-state index contributed by atoms with van der Waals surface area (Å²) in [5, 5.41) is 13.7. The third kappa shape index (κ3) is 4.80. The number of hydrogen-bond donors (Lipinski definition) is 1. The number of benzene rings is 2. The second kappa shape index (κ2) is 10.3. The van der Waals surface area contributed by atoms with Crippen LogP contribution >= 0.6 is 0 Å². The van der Waals surface area contributed by atoms with E-state index < -0.39 is 0 Å². The van der Waals surface area contributed by atoms with Gasteiger partial charge in [-0.2, -0.15) is 5.10 Å². The Bertz CT molecular complexity index is 1270. The van der Waals surface area contributed by atoms with E-state index in [0.717, 1.165) is 66.0 Å². The highest BCUT2D eigenvalue weighted by Crippen LogP contribution is 2.32. The quantitative estimate of drug-likeness (QED) is 0.597. The van der Waals surface area contributed by atoms with E-state index in [1.807, 2.05) is 71.0 Å². The minimum Gasteiger partial charge on any atom is -0.396 e. The minimum absolute atomic E-state index is 0.0309. The molecule has 0 bridgehead atoms. The zero-order chi connectivity index (χ0) is 25.2. The van der Waals surface area contributed by atoms with Crippen molar-refractivity contribution in [2.75, 3.05) is 24.6 Å². The van der Waals surface area contributed by atoms with Gasteiger partial charge in [-0.1, -0.05) is 24.3 Å². The Morgan fingerprint density at radius 3 is 2.61 bits per heavy atom. The number of aliphatic hydroxyl groups excluding tert-OH is 1. The number of carbonyl (C=O) groups excluding carboxylic acids is 2. The molecule has 1 N–H and O–H groups in total. The molecule has 2 amide bonds. The van der Waals surface area contributed by atoms with Crippen molar-refractivity contribution in [1.29, 1.82) is 0 Å². The van der Waals surface area contributed by atoms with Gasteiger partial charge in [-0.25, -0.2) is 0 Å². The van der Waals surface area contributed by atoms with E-state index in [1.54, 1.807) is 0 Å². The fourth-order valence-electron chi connectivity index (χ4n) is 5.44. The molecule has 1 saturated heterocycles. The Hall–Kier alpha value is -3.45. The van der Waals surface area contributed by atoms with Crippen molar-refractivity contribution < 1.29 is 14.7 Å². The molecule has 0 unspecified atom stereocenters. The van der Waals surface area contributed by atoms with Crippen LogP contribution in [0.3, 0.4) is 0 Å². The number of aromatic nitrogens is 2.